The Morgan fingerprint density at radius 2 is 1.90 bits per heavy atom. The van der Waals surface area contributed by atoms with Gasteiger partial charge in [0.05, 0.1) is 13.3 Å². The number of carbonyl (C=O) groups is 2. The molecule has 6 nitrogen and oxygen atoms in total. The predicted molar refractivity (Wildman–Crippen MR) is 113 cm³/mol. The maximum atomic E-state index is 12.3. The number of nitrogens with zero attached hydrogens (tertiary/aromatic N) is 1. The molecule has 0 aliphatic carbocycles. The summed E-state index contributed by atoms with van der Waals surface area (Å²) in [6.45, 7) is 3.86. The van der Waals surface area contributed by atoms with Crippen LogP contribution >= 0.6 is 11.3 Å². The normalized spacial score (nSPS) is 10.7. The van der Waals surface area contributed by atoms with E-state index in [-0.39, 0.29) is 5.91 Å². The van der Waals surface area contributed by atoms with Gasteiger partial charge in [0.1, 0.15) is 4.88 Å². The number of nitrogens with one attached hydrogen (secondary N) is 1. The molecule has 0 radical (unpaired) electrons. The van der Waals surface area contributed by atoms with Crippen molar-refractivity contribution in [2.24, 2.45) is 5.10 Å². The average Bonchev–Trinajstić information content (AvgIpc) is 3.23. The maximum absolute atomic E-state index is 12.3. The molecule has 0 bridgehead atoms. The standard InChI is InChI=1S/C22H20N2O4S/c1-14-6-8-17(15(2)11-14)21(25)24-23-13-16-7-9-18(19(12-16)27-3)28-22(26)20-5-4-10-29-20/h4-13H,1-3H3,(H,24,25)/b23-13+. The van der Waals surface area contributed by atoms with Crippen molar-refractivity contribution in [1.82, 2.24) is 5.43 Å². The highest BCUT2D eigenvalue weighted by Crippen LogP contribution is 2.28. The molecule has 0 spiro atoms. The van der Waals surface area contributed by atoms with Crippen LogP contribution in [0, 0.1) is 13.8 Å². The molecule has 0 saturated carbocycles. The van der Waals surface area contributed by atoms with Gasteiger partial charge in [-0.25, -0.2) is 10.2 Å². The number of esters is 1. The second kappa shape index (κ2) is 9.16. The Bertz CT molecular complexity index is 1060. The summed E-state index contributed by atoms with van der Waals surface area (Å²) < 4.78 is 10.7. The molecular weight excluding hydrogens is 388 g/mol. The van der Waals surface area contributed by atoms with Gasteiger partial charge in [0.25, 0.3) is 5.91 Å². The zero-order valence-electron chi connectivity index (χ0n) is 16.3. The first kappa shape index (κ1) is 20.3. The minimum Gasteiger partial charge on any atom is -0.493 e. The van der Waals surface area contributed by atoms with Crippen LogP contribution in [-0.4, -0.2) is 25.2 Å². The molecule has 1 heterocycles. The van der Waals surface area contributed by atoms with Crippen LogP contribution in [0.15, 0.2) is 59.0 Å². The number of hydrogen-bond donors (Lipinski definition) is 1. The Hall–Kier alpha value is -3.45. The van der Waals surface area contributed by atoms with E-state index in [9.17, 15) is 9.59 Å². The molecule has 1 aromatic heterocycles. The van der Waals surface area contributed by atoms with Crippen LogP contribution in [-0.2, 0) is 0 Å². The first-order valence-corrected chi connectivity index (χ1v) is 9.70. The SMILES string of the molecule is COc1cc(/C=N/NC(=O)c2ccc(C)cc2C)ccc1OC(=O)c1cccs1. The van der Waals surface area contributed by atoms with Crippen LogP contribution in [0.5, 0.6) is 11.5 Å². The number of hydrogen-bond acceptors (Lipinski definition) is 6. The van der Waals surface area contributed by atoms with Gasteiger partial charge in [-0.3, -0.25) is 4.79 Å². The van der Waals surface area contributed by atoms with Gasteiger partial charge >= 0.3 is 5.97 Å². The largest absolute Gasteiger partial charge is 0.493 e. The molecule has 0 atom stereocenters. The second-order valence-corrected chi connectivity index (χ2v) is 7.24. The summed E-state index contributed by atoms with van der Waals surface area (Å²) in [6.07, 6.45) is 1.49. The smallest absolute Gasteiger partial charge is 0.353 e. The third-order valence-electron chi connectivity index (χ3n) is 4.12. The summed E-state index contributed by atoms with van der Waals surface area (Å²) >= 11 is 1.30. The van der Waals surface area contributed by atoms with E-state index < -0.39 is 5.97 Å². The number of rotatable bonds is 6. The molecule has 0 saturated heterocycles. The molecule has 2 aromatic carbocycles. The van der Waals surface area contributed by atoms with Crippen LogP contribution < -0.4 is 14.9 Å². The van der Waals surface area contributed by atoms with Gasteiger partial charge in [0.2, 0.25) is 0 Å². The van der Waals surface area contributed by atoms with Crippen LogP contribution in [0.4, 0.5) is 0 Å². The van der Waals surface area contributed by atoms with Crippen molar-refractivity contribution >= 4 is 29.4 Å². The van der Waals surface area contributed by atoms with Crippen molar-refractivity contribution < 1.29 is 19.1 Å². The number of amides is 1. The van der Waals surface area contributed by atoms with E-state index in [1.54, 1.807) is 41.8 Å². The van der Waals surface area contributed by atoms with Crippen LogP contribution in [0.1, 0.15) is 36.7 Å². The molecule has 1 N–H and O–H groups in total. The van der Waals surface area contributed by atoms with E-state index in [0.717, 1.165) is 11.1 Å². The fraction of sp³-hybridized carbons (Fsp3) is 0.136. The Labute approximate surface area is 172 Å². The number of benzene rings is 2. The fourth-order valence-corrected chi connectivity index (χ4v) is 3.29. The van der Waals surface area contributed by atoms with Gasteiger partial charge in [-0.1, -0.05) is 23.8 Å². The van der Waals surface area contributed by atoms with Gasteiger partial charge < -0.3 is 9.47 Å². The molecule has 1 amide bonds. The molecule has 0 fully saturated rings. The Morgan fingerprint density at radius 1 is 1.07 bits per heavy atom. The molecule has 148 valence electrons. The Morgan fingerprint density at radius 3 is 2.59 bits per heavy atom. The number of methoxy groups -OCH3 is 1. The number of hydrazone groups is 1. The van der Waals surface area contributed by atoms with E-state index in [0.29, 0.717) is 27.5 Å². The van der Waals surface area contributed by atoms with E-state index in [1.807, 2.05) is 26.0 Å². The third-order valence-corrected chi connectivity index (χ3v) is 4.97. The van der Waals surface area contributed by atoms with Gasteiger partial charge in [-0.15, -0.1) is 11.3 Å². The summed E-state index contributed by atoms with van der Waals surface area (Å²) in [5.41, 5.74) is 5.74. The molecule has 3 aromatic rings. The van der Waals surface area contributed by atoms with Crippen LogP contribution in [0.3, 0.4) is 0 Å². The summed E-state index contributed by atoms with van der Waals surface area (Å²) in [7, 11) is 1.49. The number of aryl methyl sites for hydroxylation is 2. The maximum Gasteiger partial charge on any atom is 0.353 e. The van der Waals surface area contributed by atoms with Crippen molar-refractivity contribution in [3.63, 3.8) is 0 Å². The van der Waals surface area contributed by atoms with Crippen molar-refractivity contribution in [2.45, 2.75) is 13.8 Å². The lowest BCUT2D eigenvalue weighted by Gasteiger charge is -2.09. The summed E-state index contributed by atoms with van der Waals surface area (Å²) in [4.78, 5) is 24.9. The first-order valence-electron chi connectivity index (χ1n) is 8.82. The van der Waals surface area contributed by atoms with Crippen molar-refractivity contribution in [1.29, 1.82) is 0 Å². The Kier molecular flexibility index (Phi) is 6.41. The summed E-state index contributed by atoms with van der Waals surface area (Å²) in [6, 6.07) is 14.1. The van der Waals surface area contributed by atoms with E-state index in [2.05, 4.69) is 10.5 Å². The summed E-state index contributed by atoms with van der Waals surface area (Å²) in [5.74, 6) is -0.0328. The molecule has 29 heavy (non-hydrogen) atoms. The average molecular weight is 408 g/mol. The minimum atomic E-state index is -0.444. The Balaban J connectivity index is 1.68. The van der Waals surface area contributed by atoms with E-state index in [4.69, 9.17) is 9.47 Å². The highest BCUT2D eigenvalue weighted by Gasteiger charge is 2.13. The fourth-order valence-electron chi connectivity index (χ4n) is 2.69. The number of thiophene rings is 1. The highest BCUT2D eigenvalue weighted by atomic mass is 32.1. The van der Waals surface area contributed by atoms with Gasteiger partial charge in [0.15, 0.2) is 11.5 Å². The highest BCUT2D eigenvalue weighted by molar-refractivity contribution is 7.12. The van der Waals surface area contributed by atoms with E-state index in [1.165, 1.54) is 24.7 Å². The molecule has 0 unspecified atom stereocenters. The third kappa shape index (κ3) is 5.08. The zero-order chi connectivity index (χ0) is 20.8. The molecule has 7 heteroatoms. The van der Waals surface area contributed by atoms with Gasteiger partial charge in [0, 0.05) is 5.56 Å². The van der Waals surface area contributed by atoms with Gasteiger partial charge in [-0.05, 0) is 60.7 Å². The van der Waals surface area contributed by atoms with E-state index >= 15 is 0 Å². The topological polar surface area (TPSA) is 77.0 Å². The number of carbonyl (C=O) groups excluding carboxylic acids is 2. The van der Waals surface area contributed by atoms with Crippen LogP contribution in [0.2, 0.25) is 0 Å². The monoisotopic (exact) mass is 408 g/mol. The van der Waals surface area contributed by atoms with Crippen molar-refractivity contribution in [3.8, 4) is 11.5 Å². The molecule has 0 aliphatic rings. The molecule has 3 rings (SSSR count). The quantitative estimate of drug-likeness (QED) is 0.285. The van der Waals surface area contributed by atoms with Crippen LogP contribution in [0.25, 0.3) is 0 Å². The lowest BCUT2D eigenvalue weighted by atomic mass is 10.1. The lowest BCUT2D eigenvalue weighted by Crippen LogP contribution is -2.18. The minimum absolute atomic E-state index is 0.285. The van der Waals surface area contributed by atoms with Crippen molar-refractivity contribution in [2.75, 3.05) is 7.11 Å². The van der Waals surface area contributed by atoms with Gasteiger partial charge in [-0.2, -0.15) is 5.10 Å². The molecule has 0 aliphatic heterocycles. The summed E-state index contributed by atoms with van der Waals surface area (Å²) in [5, 5.41) is 5.81. The zero-order valence-corrected chi connectivity index (χ0v) is 17.1. The van der Waals surface area contributed by atoms with Crippen molar-refractivity contribution in [3.05, 3.63) is 81.0 Å². The second-order valence-electron chi connectivity index (χ2n) is 6.29. The number of ether oxygens (including phenoxy) is 2. The molecular formula is C22H20N2O4S. The first-order chi connectivity index (χ1) is 14.0. The lowest BCUT2D eigenvalue weighted by molar-refractivity contribution is 0.0734. The predicted octanol–water partition coefficient (Wildman–Crippen LogP) is 4.36.